The molecule has 0 atom stereocenters. The fraction of sp³-hybridized carbons (Fsp3) is 0.417. The molecule has 1 aromatic carbocycles. The number of rotatable bonds is 7. The van der Waals surface area contributed by atoms with Gasteiger partial charge in [-0.2, -0.15) is 0 Å². The van der Waals surface area contributed by atoms with Gasteiger partial charge < -0.3 is 16.4 Å². The monoisotopic (exact) mass is 299 g/mol. The van der Waals surface area contributed by atoms with E-state index in [0.717, 1.165) is 36.2 Å². The van der Waals surface area contributed by atoms with Gasteiger partial charge in [-0.15, -0.1) is 0 Å². The van der Waals surface area contributed by atoms with E-state index < -0.39 is 5.91 Å². The summed E-state index contributed by atoms with van der Waals surface area (Å²) in [5.74, 6) is -0.410. The van der Waals surface area contributed by atoms with Gasteiger partial charge in [-0.1, -0.05) is 22.9 Å². The van der Waals surface area contributed by atoms with Crippen LogP contribution in [-0.4, -0.2) is 25.5 Å². The minimum atomic E-state index is -0.410. The normalized spacial score (nSPS) is 10.2. The molecule has 0 heterocycles. The van der Waals surface area contributed by atoms with E-state index in [2.05, 4.69) is 33.5 Å². The third kappa shape index (κ3) is 4.75. The number of hydrogen-bond donors (Lipinski definition) is 3. The number of nitrogens with two attached hydrogens (primary N) is 1. The van der Waals surface area contributed by atoms with Crippen molar-refractivity contribution >= 4 is 27.5 Å². The van der Waals surface area contributed by atoms with Gasteiger partial charge in [-0.25, -0.2) is 0 Å². The second kappa shape index (κ2) is 7.29. The van der Waals surface area contributed by atoms with Gasteiger partial charge in [-0.3, -0.25) is 4.79 Å². The molecule has 1 aromatic rings. The fourth-order valence-corrected chi connectivity index (χ4v) is 1.85. The molecule has 0 spiro atoms. The molecule has 0 saturated carbocycles. The first kappa shape index (κ1) is 14.0. The van der Waals surface area contributed by atoms with Crippen molar-refractivity contribution in [3.8, 4) is 0 Å². The predicted octanol–water partition coefficient (Wildman–Crippen LogP) is 1.96. The molecule has 0 fully saturated rings. The SMILES string of the molecule is CCNCCCNc1cc(Br)ccc1C(N)=O. The van der Waals surface area contributed by atoms with Gasteiger partial charge in [0.15, 0.2) is 0 Å². The predicted molar refractivity (Wildman–Crippen MR) is 74.3 cm³/mol. The Balaban J connectivity index is 2.56. The van der Waals surface area contributed by atoms with Crippen molar-refractivity contribution in [2.75, 3.05) is 25.0 Å². The van der Waals surface area contributed by atoms with Gasteiger partial charge >= 0.3 is 0 Å². The zero-order valence-corrected chi connectivity index (χ0v) is 11.5. The molecule has 1 amide bonds. The van der Waals surface area contributed by atoms with Crippen molar-refractivity contribution in [3.05, 3.63) is 28.2 Å². The quantitative estimate of drug-likeness (QED) is 0.674. The summed E-state index contributed by atoms with van der Waals surface area (Å²) in [5, 5.41) is 6.47. The summed E-state index contributed by atoms with van der Waals surface area (Å²) >= 11 is 3.37. The van der Waals surface area contributed by atoms with Crippen molar-refractivity contribution in [2.24, 2.45) is 5.73 Å². The Labute approximate surface area is 110 Å². The van der Waals surface area contributed by atoms with Crippen LogP contribution >= 0.6 is 15.9 Å². The van der Waals surface area contributed by atoms with E-state index in [9.17, 15) is 4.79 Å². The van der Waals surface area contributed by atoms with Gasteiger partial charge in [0.25, 0.3) is 5.91 Å². The van der Waals surface area contributed by atoms with Crippen molar-refractivity contribution in [1.82, 2.24) is 5.32 Å². The van der Waals surface area contributed by atoms with Crippen molar-refractivity contribution in [1.29, 1.82) is 0 Å². The Kier molecular flexibility index (Phi) is 6.00. The first-order valence-electron chi connectivity index (χ1n) is 5.69. The third-order valence-corrected chi connectivity index (χ3v) is 2.84. The molecule has 4 N–H and O–H groups in total. The van der Waals surface area contributed by atoms with Crippen LogP contribution in [0.2, 0.25) is 0 Å². The molecule has 0 radical (unpaired) electrons. The maximum atomic E-state index is 11.2. The summed E-state index contributed by atoms with van der Waals surface area (Å²) in [4.78, 5) is 11.2. The lowest BCUT2D eigenvalue weighted by atomic mass is 10.1. The summed E-state index contributed by atoms with van der Waals surface area (Å²) in [6.07, 6.45) is 0.999. The van der Waals surface area contributed by atoms with Gasteiger partial charge in [0.1, 0.15) is 0 Å². The molecule has 0 bridgehead atoms. The first-order chi connectivity index (χ1) is 8.15. The zero-order chi connectivity index (χ0) is 12.7. The highest BCUT2D eigenvalue weighted by atomic mass is 79.9. The zero-order valence-electron chi connectivity index (χ0n) is 9.92. The molecule has 0 aliphatic carbocycles. The van der Waals surface area contributed by atoms with E-state index in [0.29, 0.717) is 5.56 Å². The van der Waals surface area contributed by atoms with E-state index in [1.807, 2.05) is 12.1 Å². The number of halogens is 1. The minimum Gasteiger partial charge on any atom is -0.384 e. The summed E-state index contributed by atoms with van der Waals surface area (Å²) in [6, 6.07) is 5.40. The maximum absolute atomic E-state index is 11.2. The number of benzene rings is 1. The number of carbonyl (C=O) groups excluding carboxylic acids is 1. The van der Waals surface area contributed by atoms with Crippen molar-refractivity contribution in [3.63, 3.8) is 0 Å². The number of amides is 1. The van der Waals surface area contributed by atoms with E-state index in [1.165, 1.54) is 0 Å². The lowest BCUT2D eigenvalue weighted by Gasteiger charge is -2.10. The smallest absolute Gasteiger partial charge is 0.250 e. The number of carbonyl (C=O) groups is 1. The Morgan fingerprint density at radius 3 is 2.82 bits per heavy atom. The van der Waals surface area contributed by atoms with Gasteiger partial charge in [-0.05, 0) is 37.7 Å². The average molecular weight is 300 g/mol. The molecular formula is C12H18BrN3O. The molecule has 0 aliphatic rings. The largest absolute Gasteiger partial charge is 0.384 e. The molecule has 0 aromatic heterocycles. The molecule has 0 saturated heterocycles. The topological polar surface area (TPSA) is 67.2 Å². The highest BCUT2D eigenvalue weighted by Gasteiger charge is 2.07. The lowest BCUT2D eigenvalue weighted by molar-refractivity contribution is 0.100. The van der Waals surface area contributed by atoms with Crippen LogP contribution in [0.3, 0.4) is 0 Å². The second-order valence-corrected chi connectivity index (χ2v) is 4.60. The molecule has 0 unspecified atom stereocenters. The Hall–Kier alpha value is -1.07. The summed E-state index contributed by atoms with van der Waals surface area (Å²) in [5.41, 5.74) is 6.62. The summed E-state index contributed by atoms with van der Waals surface area (Å²) in [6.45, 7) is 4.82. The van der Waals surface area contributed by atoms with E-state index >= 15 is 0 Å². The van der Waals surface area contributed by atoms with Crippen molar-refractivity contribution in [2.45, 2.75) is 13.3 Å². The fourth-order valence-electron chi connectivity index (χ4n) is 1.49. The van der Waals surface area contributed by atoms with Crippen LogP contribution in [0.15, 0.2) is 22.7 Å². The second-order valence-electron chi connectivity index (χ2n) is 3.69. The van der Waals surface area contributed by atoms with Crippen LogP contribution in [0.5, 0.6) is 0 Å². The van der Waals surface area contributed by atoms with Crippen LogP contribution in [-0.2, 0) is 0 Å². The van der Waals surface area contributed by atoms with Crippen LogP contribution in [0, 0.1) is 0 Å². The molecule has 5 heteroatoms. The molecule has 17 heavy (non-hydrogen) atoms. The Morgan fingerprint density at radius 1 is 1.41 bits per heavy atom. The minimum absolute atomic E-state index is 0.410. The number of hydrogen-bond acceptors (Lipinski definition) is 3. The van der Waals surface area contributed by atoms with Crippen LogP contribution in [0.25, 0.3) is 0 Å². The molecular weight excluding hydrogens is 282 g/mol. The first-order valence-corrected chi connectivity index (χ1v) is 6.48. The molecule has 4 nitrogen and oxygen atoms in total. The van der Waals surface area contributed by atoms with Crippen LogP contribution in [0.1, 0.15) is 23.7 Å². The highest BCUT2D eigenvalue weighted by molar-refractivity contribution is 9.10. The molecule has 0 aliphatic heterocycles. The number of anilines is 1. The summed E-state index contributed by atoms with van der Waals surface area (Å²) < 4.78 is 0.927. The molecule has 1 rings (SSSR count). The third-order valence-electron chi connectivity index (χ3n) is 2.34. The Morgan fingerprint density at radius 2 is 2.18 bits per heavy atom. The standard InChI is InChI=1S/C12H18BrN3O/c1-2-15-6-3-7-16-11-8-9(13)4-5-10(11)12(14)17/h4-5,8,15-16H,2-3,6-7H2,1H3,(H2,14,17). The highest BCUT2D eigenvalue weighted by Crippen LogP contribution is 2.21. The van der Waals surface area contributed by atoms with Crippen molar-refractivity contribution < 1.29 is 4.79 Å². The van der Waals surface area contributed by atoms with E-state index in [-0.39, 0.29) is 0 Å². The average Bonchev–Trinajstić information content (AvgIpc) is 2.28. The van der Waals surface area contributed by atoms with Gasteiger partial charge in [0.2, 0.25) is 0 Å². The van der Waals surface area contributed by atoms with Crippen LogP contribution in [0.4, 0.5) is 5.69 Å². The lowest BCUT2D eigenvalue weighted by Crippen LogP contribution is -2.19. The van der Waals surface area contributed by atoms with Crippen LogP contribution < -0.4 is 16.4 Å². The van der Waals surface area contributed by atoms with E-state index in [4.69, 9.17) is 5.73 Å². The summed E-state index contributed by atoms with van der Waals surface area (Å²) in [7, 11) is 0. The Bertz CT molecular complexity index is 382. The maximum Gasteiger partial charge on any atom is 0.250 e. The van der Waals surface area contributed by atoms with Gasteiger partial charge in [0.05, 0.1) is 5.56 Å². The number of nitrogens with one attached hydrogen (secondary N) is 2. The van der Waals surface area contributed by atoms with Gasteiger partial charge in [0, 0.05) is 16.7 Å². The van der Waals surface area contributed by atoms with E-state index in [1.54, 1.807) is 6.07 Å². The number of primary amides is 1. The molecule has 94 valence electrons.